The molecule has 0 saturated carbocycles. The summed E-state index contributed by atoms with van der Waals surface area (Å²) < 4.78 is 111. The van der Waals surface area contributed by atoms with Crippen LogP contribution in [0.1, 0.15) is 66.9 Å². The number of H-pyrrole nitrogens is 2. The molecule has 0 aliphatic carbocycles. The normalized spacial score (nSPS) is 25.0. The fourth-order valence-corrected chi connectivity index (χ4v) is 13.6. The Labute approximate surface area is 548 Å². The quantitative estimate of drug-likeness (QED) is 0.0218. The SMILES string of the molecule is [CH2+]C(C)C(=O)Nc1nc2c(ncn2[C@@H]2O[C@H](COP(=O)(OCCC#N)O[C@@H]3C(OCCOC)[C@H](n4cc(C)c(NC(=O)c5ccccc5)nc4=O)O[C@@H]3CO)[C@H](OP(=S)(OCCC#N)OC[C@H]3O[C@@H](n4cc(C)c(=O)[nH]c4=O)C(OCCOC)[C@H]3C)C2OCCOC)c(=O)[nH]1. The van der Waals surface area contributed by atoms with E-state index < -0.39 is 155 Å². The third kappa shape index (κ3) is 18.4. The number of methoxy groups -OCH3 is 3. The van der Waals surface area contributed by atoms with Crippen LogP contribution >= 0.6 is 14.5 Å². The van der Waals surface area contributed by atoms with Gasteiger partial charge in [0.25, 0.3) is 22.9 Å². The molecule has 7 heterocycles. The van der Waals surface area contributed by atoms with Crippen molar-refractivity contribution in [1.29, 1.82) is 10.5 Å². The number of anilines is 2. The van der Waals surface area contributed by atoms with Gasteiger partial charge in [-0.25, -0.2) is 19.1 Å². The summed E-state index contributed by atoms with van der Waals surface area (Å²) in [6, 6.07) is 12.1. The molecule has 516 valence electrons. The number of imidazole rings is 1. The van der Waals surface area contributed by atoms with Crippen LogP contribution in [0.3, 0.4) is 0 Å². The van der Waals surface area contributed by atoms with Crippen LogP contribution < -0.4 is 33.1 Å². The van der Waals surface area contributed by atoms with Crippen LogP contribution in [0.15, 0.2) is 68.2 Å². The van der Waals surface area contributed by atoms with E-state index >= 15 is 4.57 Å². The molecule has 4 aromatic heterocycles. The standard InChI is InChI=1S/C57H74N12O23P2S/c1-32(2)48(71)64-55-63-47-40(51(74)65-55)60-31-69(47)54-45(83-25-22-80-8)43(92-94(95,85-19-13-17-59)87-29-38-35(5)41(81-23-20-78-6)52(89-38)68-27-34(4)49(72)66-57(68)76)39(90-54)30-86-93(77,84-18-12-16-58)91-42-37(28-70)88-53(44(42)82-24-21-79-7)67-26-33(3)46(62-56(67)75)61-50(73)36-14-10-9-11-15-36/h9-11,14-15,26-27,31-32,35,37-39,41-45,52-54,70H,1,12-13,18-25,28-30H2,2-8H3,(H3-,61,62,63,64,65,66,71,72,73,74,75,76)/p+1/t32?,35-,37+,38+,39+,41?,42-,43-,44?,45?,52+,53+,54+,93?,94?/m0/s1. The average Bonchev–Trinajstić information content (AvgIpc) is 1.63. The van der Waals surface area contributed by atoms with E-state index in [2.05, 4.69) is 42.5 Å². The number of hydrogen-bond acceptors (Lipinski definition) is 29. The van der Waals surface area contributed by atoms with Crippen molar-refractivity contribution in [1.82, 2.24) is 38.6 Å². The molecule has 3 aliphatic heterocycles. The number of phosphoric acid groups is 1. The van der Waals surface area contributed by atoms with Gasteiger partial charge >= 0.3 is 25.9 Å². The molecule has 95 heavy (non-hydrogen) atoms. The largest absolute Gasteiger partial charge is 0.475 e. The van der Waals surface area contributed by atoms with Crippen molar-refractivity contribution in [2.24, 2.45) is 11.8 Å². The number of carbonyl (C=O) groups excluding carboxylic acids is 2. The number of rotatable bonds is 36. The first-order chi connectivity index (χ1) is 45.6. The minimum absolute atomic E-state index is 0.0222. The molecule has 3 aliphatic rings. The van der Waals surface area contributed by atoms with Gasteiger partial charge in [-0.3, -0.25) is 66.3 Å². The summed E-state index contributed by atoms with van der Waals surface area (Å²) in [5.41, 5.74) is -2.74. The van der Waals surface area contributed by atoms with Gasteiger partial charge in [0.2, 0.25) is 5.95 Å². The number of aryl methyl sites for hydroxylation is 2. The van der Waals surface area contributed by atoms with Crippen molar-refractivity contribution < 1.29 is 89.0 Å². The molecule has 3 saturated heterocycles. The molecular formula is C57H75N12O23P2S+. The van der Waals surface area contributed by atoms with Crippen molar-refractivity contribution in [3.05, 3.63) is 114 Å². The second kappa shape index (κ2) is 34.4. The van der Waals surface area contributed by atoms with E-state index in [1.165, 1.54) is 63.0 Å². The van der Waals surface area contributed by atoms with Gasteiger partial charge in [0.15, 0.2) is 35.8 Å². The van der Waals surface area contributed by atoms with Crippen LogP contribution in [-0.2, 0) is 90.9 Å². The van der Waals surface area contributed by atoms with Crippen LogP contribution in [0, 0.1) is 55.3 Å². The monoisotopic (exact) mass is 1390 g/mol. The van der Waals surface area contributed by atoms with E-state index in [1.54, 1.807) is 44.2 Å². The number of aliphatic hydroxyl groups excluding tert-OH is 1. The van der Waals surface area contributed by atoms with Gasteiger partial charge in [-0.2, -0.15) is 20.5 Å². The highest BCUT2D eigenvalue weighted by molar-refractivity contribution is 8.07. The number of aromatic nitrogens is 8. The maximum atomic E-state index is 15.6. The van der Waals surface area contributed by atoms with Crippen LogP contribution in [-0.4, -0.2) is 198 Å². The number of nitriles is 2. The summed E-state index contributed by atoms with van der Waals surface area (Å²) in [6.45, 7) is 2.47. The zero-order valence-corrected chi connectivity index (χ0v) is 55.4. The molecule has 38 heteroatoms. The zero-order chi connectivity index (χ0) is 68.6. The number of amides is 2. The number of aromatic amines is 2. The molecule has 8 rings (SSSR count). The number of benzene rings is 1. The molecule has 0 bridgehead atoms. The lowest BCUT2D eigenvalue weighted by atomic mass is 10.0. The number of nitrogens with one attached hydrogen (secondary N) is 4. The third-order valence-electron chi connectivity index (χ3n) is 15.0. The van der Waals surface area contributed by atoms with Gasteiger partial charge in [-0.1, -0.05) is 25.1 Å². The number of aliphatic hydroxyl groups is 1. The summed E-state index contributed by atoms with van der Waals surface area (Å²) in [5.74, 6) is -2.90. The van der Waals surface area contributed by atoms with E-state index in [-0.39, 0.29) is 87.6 Å². The molecule has 2 amide bonds. The van der Waals surface area contributed by atoms with Crippen LogP contribution in [0.4, 0.5) is 11.8 Å². The van der Waals surface area contributed by atoms with Crippen molar-refractivity contribution in [3.8, 4) is 12.1 Å². The summed E-state index contributed by atoms with van der Waals surface area (Å²) in [5, 5.41) is 35.5. The Morgan fingerprint density at radius 1 is 0.716 bits per heavy atom. The molecule has 5 aromatic rings. The summed E-state index contributed by atoms with van der Waals surface area (Å²) in [7, 11) is -0.892. The number of phosphoric ester groups is 1. The molecule has 0 spiro atoms. The van der Waals surface area contributed by atoms with Crippen LogP contribution in [0.25, 0.3) is 11.2 Å². The smallest absolute Gasteiger partial charge is 0.394 e. The van der Waals surface area contributed by atoms with E-state index in [0.29, 0.717) is 11.1 Å². The van der Waals surface area contributed by atoms with Crippen molar-refractivity contribution in [2.45, 2.75) is 108 Å². The number of carbonyl (C=O) groups is 2. The number of ether oxygens (including phenoxy) is 9. The Kier molecular flexibility index (Phi) is 26.8. The minimum atomic E-state index is -5.18. The van der Waals surface area contributed by atoms with Crippen molar-refractivity contribution in [2.75, 3.05) is 105 Å². The second-order valence-electron chi connectivity index (χ2n) is 21.7. The summed E-state index contributed by atoms with van der Waals surface area (Å²) in [4.78, 5) is 97.2. The maximum absolute atomic E-state index is 15.6. The predicted molar refractivity (Wildman–Crippen MR) is 334 cm³/mol. The Morgan fingerprint density at radius 3 is 1.93 bits per heavy atom. The van der Waals surface area contributed by atoms with Gasteiger partial charge in [0.05, 0.1) is 117 Å². The lowest BCUT2D eigenvalue weighted by Crippen LogP contribution is -2.41. The Morgan fingerprint density at radius 2 is 1.29 bits per heavy atom. The lowest BCUT2D eigenvalue weighted by Gasteiger charge is -2.31. The molecule has 0 radical (unpaired) electrons. The highest BCUT2D eigenvalue weighted by Crippen LogP contribution is 2.57. The topological polar surface area (TPSA) is 435 Å². The van der Waals surface area contributed by atoms with E-state index in [9.17, 15) is 44.4 Å². The first-order valence-corrected chi connectivity index (χ1v) is 33.8. The highest BCUT2D eigenvalue weighted by Gasteiger charge is 2.55. The summed E-state index contributed by atoms with van der Waals surface area (Å²) >= 11 is 6.18. The first kappa shape index (κ1) is 74.0. The molecule has 35 nitrogen and oxygen atoms in total. The fraction of sp³-hybridized carbons (Fsp3) is 0.579. The Bertz CT molecular complexity index is 3860. The minimum Gasteiger partial charge on any atom is -0.394 e. The zero-order valence-electron chi connectivity index (χ0n) is 52.8. The third-order valence-corrected chi connectivity index (χ3v) is 18.8. The van der Waals surface area contributed by atoms with Gasteiger partial charge in [-0.15, -0.1) is 0 Å². The molecule has 6 unspecified atom stereocenters. The number of hydrogen-bond donors (Lipinski definition) is 5. The molecule has 15 atom stereocenters. The Balaban J connectivity index is 1.17. The molecule has 1 aromatic carbocycles. The van der Waals surface area contributed by atoms with Gasteiger partial charge in [-0.05, 0) is 44.7 Å². The van der Waals surface area contributed by atoms with Gasteiger partial charge in [0.1, 0.15) is 48.5 Å². The predicted octanol–water partition coefficient (Wildman–Crippen LogP) is 2.62. The van der Waals surface area contributed by atoms with Crippen molar-refractivity contribution in [3.63, 3.8) is 0 Å². The fourth-order valence-electron chi connectivity index (χ4n) is 10.1. The van der Waals surface area contributed by atoms with Gasteiger partial charge in [0, 0.05) is 56.3 Å². The van der Waals surface area contributed by atoms with Gasteiger partial charge < -0.3 is 62.1 Å². The second-order valence-corrected chi connectivity index (χ2v) is 26.3. The van der Waals surface area contributed by atoms with Crippen LogP contribution in [0.2, 0.25) is 0 Å². The number of fused-ring (bicyclic) bond motifs is 1. The van der Waals surface area contributed by atoms with E-state index in [1.807, 2.05) is 12.1 Å². The maximum Gasteiger partial charge on any atom is 0.475 e. The molecule has 5 N–H and O–H groups in total. The Hall–Kier alpha value is -6.84. The highest BCUT2D eigenvalue weighted by atomic mass is 32.5. The first-order valence-electron chi connectivity index (χ1n) is 29.8. The molecular weight excluding hydrogens is 1310 g/mol. The average molecular weight is 1390 g/mol. The lowest BCUT2D eigenvalue weighted by molar-refractivity contribution is -0.118. The van der Waals surface area contributed by atoms with E-state index in [0.717, 1.165) is 4.57 Å². The van der Waals surface area contributed by atoms with Crippen molar-refractivity contribution >= 4 is 61.1 Å². The molecule has 3 fully saturated rings. The van der Waals surface area contributed by atoms with E-state index in [4.69, 9.17) is 81.6 Å². The van der Waals surface area contributed by atoms with Crippen LogP contribution in [0.5, 0.6) is 0 Å². The summed E-state index contributed by atoms with van der Waals surface area (Å²) in [6.07, 6.45) is -11.8. The number of nitrogens with zero attached hydrogens (tertiary/aromatic N) is 8.